The van der Waals surface area contributed by atoms with E-state index in [0.29, 0.717) is 38.8 Å². The molecule has 0 amide bonds. The zero-order valence-electron chi connectivity index (χ0n) is 14.1. The molecule has 0 N–H and O–H groups in total. The van der Waals surface area contributed by atoms with Crippen LogP contribution in [0.2, 0.25) is 0 Å². The Balaban J connectivity index is 1.80. The fourth-order valence-corrected chi connectivity index (χ4v) is 4.32. The van der Waals surface area contributed by atoms with Gasteiger partial charge in [0.2, 0.25) is 0 Å². The Hall–Kier alpha value is -0.580. The molecule has 24 heavy (non-hydrogen) atoms. The van der Waals surface area contributed by atoms with E-state index in [2.05, 4.69) is 6.58 Å². The summed E-state index contributed by atoms with van der Waals surface area (Å²) in [6.45, 7) is 9.79. The van der Waals surface area contributed by atoms with Crippen LogP contribution < -0.4 is 0 Å². The van der Waals surface area contributed by atoms with Crippen LogP contribution in [0.1, 0.15) is 13.8 Å². The highest BCUT2D eigenvalue weighted by Gasteiger charge is 2.44. The Labute approximate surface area is 146 Å². The molecule has 0 saturated carbocycles. The summed E-state index contributed by atoms with van der Waals surface area (Å²) < 4.78 is 33.9. The van der Waals surface area contributed by atoms with Gasteiger partial charge in [0.05, 0.1) is 38.4 Å². The molecule has 6 nitrogen and oxygen atoms in total. The van der Waals surface area contributed by atoms with Crippen molar-refractivity contribution in [2.24, 2.45) is 5.41 Å². The van der Waals surface area contributed by atoms with Crippen LogP contribution >= 0.6 is 17.2 Å². The maximum absolute atomic E-state index is 5.77. The molecule has 0 atom stereocenters. The van der Waals surface area contributed by atoms with E-state index in [4.69, 9.17) is 27.1 Å². The zero-order valence-corrected chi connectivity index (χ0v) is 15.8. The van der Waals surface area contributed by atoms with Crippen LogP contribution in [0, 0.1) is 5.41 Å². The summed E-state index contributed by atoms with van der Waals surface area (Å²) in [5, 5.41) is 0. The molecule has 2 heterocycles. The minimum Gasteiger partial charge on any atom is -0.427 e. The van der Waals surface area contributed by atoms with Gasteiger partial charge in [-0.15, -0.1) is 6.58 Å². The summed E-state index contributed by atoms with van der Waals surface area (Å²) >= 11 is 0. The first-order valence-electron chi connectivity index (χ1n) is 7.71. The Morgan fingerprint density at radius 1 is 1.04 bits per heavy atom. The number of hydrogen-bond acceptors (Lipinski definition) is 6. The van der Waals surface area contributed by atoms with Crippen LogP contribution in [0.4, 0.5) is 0 Å². The second-order valence-electron chi connectivity index (χ2n) is 5.31. The lowest BCUT2D eigenvalue weighted by Gasteiger charge is -2.41. The normalized spacial score (nSPS) is 31.8. The van der Waals surface area contributed by atoms with Gasteiger partial charge in [-0.1, -0.05) is 24.3 Å². The minimum atomic E-state index is -1.41. The maximum atomic E-state index is 5.77. The summed E-state index contributed by atoms with van der Waals surface area (Å²) in [5.41, 5.74) is -0.299. The lowest BCUT2D eigenvalue weighted by molar-refractivity contribution is -0.0730. The Morgan fingerprint density at radius 2 is 1.67 bits per heavy atom. The van der Waals surface area contributed by atoms with Crippen molar-refractivity contribution in [2.45, 2.75) is 13.8 Å². The SMILES string of the molecule is C=CCOP1OCC2(CO1)COP(OC(/C=C\C)=C/C=C\C)OC2. The molecule has 0 unspecified atom stereocenters. The van der Waals surface area contributed by atoms with Gasteiger partial charge in [-0.05, 0) is 26.0 Å². The molecule has 2 aliphatic heterocycles. The summed E-state index contributed by atoms with van der Waals surface area (Å²) in [6, 6.07) is 0. The van der Waals surface area contributed by atoms with Gasteiger partial charge in [-0.2, -0.15) is 0 Å². The van der Waals surface area contributed by atoms with Gasteiger partial charge in [-0.3, -0.25) is 0 Å². The smallest absolute Gasteiger partial charge is 0.397 e. The molecular formula is C16H24O6P2. The summed E-state index contributed by atoms with van der Waals surface area (Å²) in [4.78, 5) is 0. The molecular weight excluding hydrogens is 350 g/mol. The fraction of sp³-hybridized carbons (Fsp3) is 0.500. The quantitative estimate of drug-likeness (QED) is 0.277. The second kappa shape index (κ2) is 10.4. The van der Waals surface area contributed by atoms with E-state index in [1.54, 1.807) is 6.08 Å². The number of allylic oxidation sites excluding steroid dienone is 5. The molecule has 0 radical (unpaired) electrons. The van der Waals surface area contributed by atoms with E-state index in [1.807, 2.05) is 44.2 Å². The molecule has 2 aliphatic rings. The van der Waals surface area contributed by atoms with Crippen molar-refractivity contribution in [3.8, 4) is 0 Å². The first-order valence-corrected chi connectivity index (χ1v) is 9.90. The van der Waals surface area contributed by atoms with Gasteiger partial charge >= 0.3 is 17.2 Å². The van der Waals surface area contributed by atoms with Gasteiger partial charge in [0.15, 0.2) is 0 Å². The molecule has 8 heteroatoms. The van der Waals surface area contributed by atoms with Crippen molar-refractivity contribution >= 4 is 17.2 Å². The average molecular weight is 374 g/mol. The third-order valence-corrected chi connectivity index (χ3v) is 5.25. The van der Waals surface area contributed by atoms with Crippen LogP contribution in [-0.2, 0) is 27.1 Å². The van der Waals surface area contributed by atoms with Gasteiger partial charge < -0.3 is 27.1 Å². The first kappa shape index (κ1) is 19.7. The van der Waals surface area contributed by atoms with E-state index in [9.17, 15) is 0 Å². The maximum Gasteiger partial charge on any atom is 0.397 e. The average Bonchev–Trinajstić information content (AvgIpc) is 2.61. The fourth-order valence-electron chi connectivity index (χ4n) is 1.88. The van der Waals surface area contributed by atoms with Crippen molar-refractivity contribution < 1.29 is 27.1 Å². The zero-order chi connectivity index (χ0) is 17.3. The molecule has 0 aliphatic carbocycles. The number of hydrogen-bond donors (Lipinski definition) is 0. The van der Waals surface area contributed by atoms with Gasteiger partial charge in [-0.25, -0.2) is 0 Å². The molecule has 2 rings (SSSR count). The van der Waals surface area contributed by atoms with Gasteiger partial charge in [0.1, 0.15) is 5.76 Å². The standard InChI is InChI=1S/C16H24O6P2/c1-4-7-9-15(8-5-2)22-24-20-13-16(14-21-24)11-18-23(19-12-16)17-10-6-3/h4-9H,3,10-14H2,1-2H3/b7-4-,8-5-,15-9+. The van der Waals surface area contributed by atoms with Gasteiger partial charge in [0, 0.05) is 0 Å². The number of rotatable bonds is 7. The minimum absolute atomic E-state index is 0.299. The highest BCUT2D eigenvalue weighted by molar-refractivity contribution is 7.42. The van der Waals surface area contributed by atoms with E-state index < -0.39 is 17.2 Å². The molecule has 2 saturated heterocycles. The van der Waals surface area contributed by atoms with Crippen LogP contribution in [-0.4, -0.2) is 33.0 Å². The van der Waals surface area contributed by atoms with E-state index >= 15 is 0 Å². The third kappa shape index (κ3) is 6.05. The highest BCUT2D eigenvalue weighted by Crippen LogP contribution is 2.53. The third-order valence-electron chi connectivity index (χ3n) is 3.17. The molecule has 1 spiro atoms. The molecule has 0 bridgehead atoms. The van der Waals surface area contributed by atoms with Crippen molar-refractivity contribution in [3.63, 3.8) is 0 Å². The molecule has 0 aromatic rings. The van der Waals surface area contributed by atoms with Crippen molar-refractivity contribution in [1.29, 1.82) is 0 Å². The Bertz CT molecular complexity index is 473. The molecule has 0 aromatic carbocycles. The molecule has 134 valence electrons. The van der Waals surface area contributed by atoms with Crippen molar-refractivity contribution in [2.75, 3.05) is 33.0 Å². The monoisotopic (exact) mass is 374 g/mol. The van der Waals surface area contributed by atoms with E-state index in [-0.39, 0.29) is 5.41 Å². The molecule has 0 aromatic heterocycles. The Kier molecular flexibility index (Phi) is 8.57. The van der Waals surface area contributed by atoms with Crippen molar-refractivity contribution in [1.82, 2.24) is 0 Å². The van der Waals surface area contributed by atoms with E-state index in [1.165, 1.54) is 0 Å². The predicted octanol–water partition coefficient (Wildman–Crippen LogP) is 4.78. The summed E-state index contributed by atoms with van der Waals surface area (Å²) in [5.74, 6) is 0.704. The van der Waals surface area contributed by atoms with Crippen LogP contribution in [0.3, 0.4) is 0 Å². The van der Waals surface area contributed by atoms with Crippen LogP contribution in [0.15, 0.2) is 48.8 Å². The first-order chi connectivity index (χ1) is 11.7. The van der Waals surface area contributed by atoms with E-state index in [0.717, 1.165) is 0 Å². The molecule has 2 fully saturated rings. The predicted molar refractivity (Wildman–Crippen MR) is 95.0 cm³/mol. The topological polar surface area (TPSA) is 55.4 Å². The van der Waals surface area contributed by atoms with Crippen LogP contribution in [0.25, 0.3) is 0 Å². The van der Waals surface area contributed by atoms with Crippen LogP contribution in [0.5, 0.6) is 0 Å². The van der Waals surface area contributed by atoms with Gasteiger partial charge in [0.25, 0.3) is 0 Å². The highest BCUT2D eigenvalue weighted by atomic mass is 31.2. The van der Waals surface area contributed by atoms with Crippen molar-refractivity contribution in [3.05, 3.63) is 48.8 Å². The largest absolute Gasteiger partial charge is 0.427 e. The lowest BCUT2D eigenvalue weighted by Crippen LogP contribution is -2.44. The lowest BCUT2D eigenvalue weighted by atomic mass is 9.93. The summed E-state index contributed by atoms with van der Waals surface area (Å²) in [7, 11) is -2.71. The second-order valence-corrected chi connectivity index (χ2v) is 7.68. The Morgan fingerprint density at radius 3 is 2.21 bits per heavy atom. The summed E-state index contributed by atoms with van der Waals surface area (Å²) in [6.07, 6.45) is 11.2.